The highest BCUT2D eigenvalue weighted by Gasteiger charge is 2.16. The maximum atomic E-state index is 12.0. The fourth-order valence-electron chi connectivity index (χ4n) is 1.83. The highest BCUT2D eigenvalue weighted by Crippen LogP contribution is 2.04. The maximum Gasteiger partial charge on any atom is 0.236 e. The van der Waals surface area contributed by atoms with Crippen LogP contribution in [0, 0.1) is 0 Å². The third-order valence-electron chi connectivity index (χ3n) is 2.88. The predicted molar refractivity (Wildman–Crippen MR) is 67.9 cm³/mol. The summed E-state index contributed by atoms with van der Waals surface area (Å²) in [5.41, 5.74) is 2.76. The van der Waals surface area contributed by atoms with E-state index in [0.29, 0.717) is 13.1 Å². The Labute approximate surface area is 105 Å². The third-order valence-corrected chi connectivity index (χ3v) is 3.51. The molecule has 5 nitrogen and oxygen atoms in total. The molecule has 6 heteroatoms. The van der Waals surface area contributed by atoms with Gasteiger partial charge in [0.1, 0.15) is 0 Å². The zero-order chi connectivity index (χ0) is 12.1. The Bertz CT molecular complexity index is 348. The van der Waals surface area contributed by atoms with Crippen LogP contribution in [0.25, 0.3) is 0 Å². The number of nitrogens with zero attached hydrogens (tertiary/aromatic N) is 3. The van der Waals surface area contributed by atoms with Gasteiger partial charge < -0.3 is 10.2 Å². The average Bonchev–Trinajstić information content (AvgIpc) is 2.83. The van der Waals surface area contributed by atoms with E-state index in [9.17, 15) is 4.79 Å². The van der Waals surface area contributed by atoms with Crippen LogP contribution in [0.5, 0.6) is 0 Å². The van der Waals surface area contributed by atoms with E-state index in [1.54, 1.807) is 21.7 Å². The summed E-state index contributed by atoms with van der Waals surface area (Å²) in [6.07, 6.45) is 0. The largest absolute Gasteiger partial charge is 0.339 e. The van der Waals surface area contributed by atoms with Crippen molar-refractivity contribution in [2.75, 3.05) is 39.8 Å². The topological polar surface area (TPSA) is 48.5 Å². The second-order valence-corrected chi connectivity index (χ2v) is 4.97. The van der Waals surface area contributed by atoms with Gasteiger partial charge in [-0.15, -0.1) is 11.3 Å². The molecule has 17 heavy (non-hydrogen) atoms. The number of hydrogen-bond acceptors (Lipinski definition) is 5. The number of rotatable bonds is 4. The molecular formula is C11H18N4OS. The number of carbonyl (C=O) groups excluding carboxylic acids is 1. The summed E-state index contributed by atoms with van der Waals surface area (Å²) >= 11 is 1.56. The first kappa shape index (κ1) is 12.5. The predicted octanol–water partition coefficient (Wildman–Crippen LogP) is 0.00670. The molecule has 0 aliphatic carbocycles. The van der Waals surface area contributed by atoms with E-state index >= 15 is 0 Å². The quantitative estimate of drug-likeness (QED) is 0.822. The molecule has 0 unspecified atom stereocenters. The van der Waals surface area contributed by atoms with Crippen molar-refractivity contribution < 1.29 is 4.79 Å². The number of hydrogen-bond donors (Lipinski definition) is 1. The van der Waals surface area contributed by atoms with Crippen LogP contribution in [0.4, 0.5) is 0 Å². The Hall–Kier alpha value is -0.980. The molecule has 1 N–H and O–H groups in total. The molecule has 0 atom stereocenters. The smallest absolute Gasteiger partial charge is 0.236 e. The van der Waals surface area contributed by atoms with E-state index < -0.39 is 0 Å². The molecule has 1 amide bonds. The molecular weight excluding hydrogens is 236 g/mol. The van der Waals surface area contributed by atoms with E-state index in [1.807, 2.05) is 12.4 Å². The zero-order valence-corrected chi connectivity index (χ0v) is 10.9. The normalized spacial score (nSPS) is 17.0. The van der Waals surface area contributed by atoms with E-state index in [2.05, 4.69) is 15.2 Å². The van der Waals surface area contributed by atoms with Gasteiger partial charge in [0.15, 0.2) is 0 Å². The third kappa shape index (κ3) is 3.76. The summed E-state index contributed by atoms with van der Waals surface area (Å²) in [7, 11) is 1.84. The lowest BCUT2D eigenvalue weighted by atomic mass is 10.3. The molecule has 1 aromatic rings. The van der Waals surface area contributed by atoms with Crippen molar-refractivity contribution in [3.05, 3.63) is 16.6 Å². The SMILES string of the molecule is CN(Cc1cscn1)C(=O)CN1CCNCC1. The minimum atomic E-state index is 0.167. The molecule has 1 saturated heterocycles. The van der Waals surface area contributed by atoms with Crippen LogP contribution in [0.15, 0.2) is 10.9 Å². The van der Waals surface area contributed by atoms with Crippen molar-refractivity contribution in [3.8, 4) is 0 Å². The number of aromatic nitrogens is 1. The zero-order valence-electron chi connectivity index (χ0n) is 10.1. The molecule has 1 aliphatic heterocycles. The molecule has 0 radical (unpaired) electrons. The van der Waals surface area contributed by atoms with Crippen molar-refractivity contribution in [2.24, 2.45) is 0 Å². The maximum absolute atomic E-state index is 12.0. The highest BCUT2D eigenvalue weighted by atomic mass is 32.1. The molecule has 2 heterocycles. The van der Waals surface area contributed by atoms with Crippen LogP contribution >= 0.6 is 11.3 Å². The summed E-state index contributed by atoms with van der Waals surface area (Å²) in [6.45, 7) is 4.98. The molecule has 1 aromatic heterocycles. The number of carbonyl (C=O) groups is 1. The van der Waals surface area contributed by atoms with Crippen molar-refractivity contribution >= 4 is 17.2 Å². The van der Waals surface area contributed by atoms with E-state index in [4.69, 9.17) is 0 Å². The Balaban J connectivity index is 1.78. The molecule has 1 aliphatic rings. The van der Waals surface area contributed by atoms with Gasteiger partial charge in [-0.2, -0.15) is 0 Å². The van der Waals surface area contributed by atoms with Crippen LogP contribution in [0.1, 0.15) is 5.69 Å². The van der Waals surface area contributed by atoms with Gasteiger partial charge in [-0.25, -0.2) is 4.98 Å². The first-order valence-electron chi connectivity index (χ1n) is 5.80. The average molecular weight is 254 g/mol. The van der Waals surface area contributed by atoms with Crippen LogP contribution in [-0.2, 0) is 11.3 Å². The molecule has 0 saturated carbocycles. The molecule has 0 bridgehead atoms. The van der Waals surface area contributed by atoms with Gasteiger partial charge in [0.05, 0.1) is 24.3 Å². The monoisotopic (exact) mass is 254 g/mol. The summed E-state index contributed by atoms with van der Waals surface area (Å²) in [5.74, 6) is 0.167. The summed E-state index contributed by atoms with van der Waals surface area (Å²) in [5, 5.41) is 5.26. The Kier molecular flexibility index (Phi) is 4.47. The number of amides is 1. The van der Waals surface area contributed by atoms with E-state index in [0.717, 1.165) is 31.9 Å². The molecule has 2 rings (SSSR count). The van der Waals surface area contributed by atoms with Gasteiger partial charge in [0, 0.05) is 38.6 Å². The van der Waals surface area contributed by atoms with Gasteiger partial charge >= 0.3 is 0 Å². The van der Waals surface area contributed by atoms with Gasteiger partial charge in [-0.3, -0.25) is 9.69 Å². The van der Waals surface area contributed by atoms with E-state index in [1.165, 1.54) is 0 Å². The lowest BCUT2D eigenvalue weighted by Crippen LogP contribution is -2.47. The lowest BCUT2D eigenvalue weighted by molar-refractivity contribution is -0.131. The van der Waals surface area contributed by atoms with Crippen LogP contribution < -0.4 is 5.32 Å². The summed E-state index contributed by atoms with van der Waals surface area (Å²) in [4.78, 5) is 20.1. The number of likely N-dealkylation sites (N-methyl/N-ethyl adjacent to an activating group) is 1. The standard InChI is InChI=1S/C11H18N4OS/c1-14(6-10-8-17-9-13-10)11(16)7-15-4-2-12-3-5-15/h8-9,12H,2-7H2,1H3. The number of thiazole rings is 1. The minimum Gasteiger partial charge on any atom is -0.339 e. The first-order valence-corrected chi connectivity index (χ1v) is 6.74. The second kappa shape index (κ2) is 6.09. The summed E-state index contributed by atoms with van der Waals surface area (Å²) in [6, 6.07) is 0. The van der Waals surface area contributed by atoms with Crippen LogP contribution in [0.3, 0.4) is 0 Å². The molecule has 0 aromatic carbocycles. The van der Waals surface area contributed by atoms with Crippen LogP contribution in [0.2, 0.25) is 0 Å². The second-order valence-electron chi connectivity index (χ2n) is 4.26. The molecule has 94 valence electrons. The van der Waals surface area contributed by atoms with Gasteiger partial charge in [0.2, 0.25) is 5.91 Å². The minimum absolute atomic E-state index is 0.167. The van der Waals surface area contributed by atoms with Crippen molar-refractivity contribution in [3.63, 3.8) is 0 Å². The van der Waals surface area contributed by atoms with Crippen molar-refractivity contribution in [1.82, 2.24) is 20.1 Å². The summed E-state index contributed by atoms with van der Waals surface area (Å²) < 4.78 is 0. The fourth-order valence-corrected chi connectivity index (χ4v) is 2.38. The highest BCUT2D eigenvalue weighted by molar-refractivity contribution is 7.07. The Morgan fingerprint density at radius 3 is 3.00 bits per heavy atom. The van der Waals surface area contributed by atoms with Crippen molar-refractivity contribution in [2.45, 2.75) is 6.54 Å². The van der Waals surface area contributed by atoms with Crippen LogP contribution in [-0.4, -0.2) is 60.5 Å². The Morgan fingerprint density at radius 2 is 2.35 bits per heavy atom. The fraction of sp³-hybridized carbons (Fsp3) is 0.636. The Morgan fingerprint density at radius 1 is 1.59 bits per heavy atom. The first-order chi connectivity index (χ1) is 8.25. The number of piperazine rings is 1. The molecule has 0 spiro atoms. The molecule has 1 fully saturated rings. The number of nitrogens with one attached hydrogen (secondary N) is 1. The van der Waals surface area contributed by atoms with E-state index in [-0.39, 0.29) is 5.91 Å². The van der Waals surface area contributed by atoms with Crippen molar-refractivity contribution in [1.29, 1.82) is 0 Å². The van der Waals surface area contributed by atoms with Gasteiger partial charge in [-0.05, 0) is 0 Å². The van der Waals surface area contributed by atoms with Gasteiger partial charge in [0.25, 0.3) is 0 Å². The van der Waals surface area contributed by atoms with Gasteiger partial charge in [-0.1, -0.05) is 0 Å². The lowest BCUT2D eigenvalue weighted by Gasteiger charge is -2.28.